The highest BCUT2D eigenvalue weighted by Crippen LogP contribution is 2.30. The molecule has 0 atom stereocenters. The van der Waals surface area contributed by atoms with Gasteiger partial charge < -0.3 is 5.73 Å². The molecule has 0 aliphatic heterocycles. The number of thiol groups is 1. The van der Waals surface area contributed by atoms with Gasteiger partial charge in [0.15, 0.2) is 0 Å². The minimum Gasteiger partial charge on any atom is -0.396 e. The van der Waals surface area contributed by atoms with Crippen molar-refractivity contribution < 1.29 is 17.6 Å². The van der Waals surface area contributed by atoms with Crippen LogP contribution in [0.1, 0.15) is 5.56 Å². The zero-order chi connectivity index (χ0) is 15.3. The van der Waals surface area contributed by atoms with Crippen molar-refractivity contribution in [2.24, 2.45) is 0 Å². The number of hydrogen-bond donors (Lipinski definition) is 2. The SMILES string of the molecule is FC(F)(F)c1cccc(Cl)c1.Nc1ccc(S)cc1F. The summed E-state index contributed by atoms with van der Waals surface area (Å²) in [5.74, 6) is -0.414. The van der Waals surface area contributed by atoms with E-state index in [4.69, 9.17) is 17.3 Å². The van der Waals surface area contributed by atoms with Gasteiger partial charge in [-0.2, -0.15) is 13.2 Å². The first-order valence-corrected chi connectivity index (χ1v) is 6.09. The number of alkyl halides is 3. The van der Waals surface area contributed by atoms with E-state index in [0.717, 1.165) is 12.1 Å². The molecular formula is C13H10ClF4NS. The molecule has 0 heterocycles. The highest BCUT2D eigenvalue weighted by molar-refractivity contribution is 7.80. The minimum atomic E-state index is -4.30. The Morgan fingerprint density at radius 1 is 1.05 bits per heavy atom. The van der Waals surface area contributed by atoms with Crippen LogP contribution in [0.15, 0.2) is 47.4 Å². The van der Waals surface area contributed by atoms with Crippen LogP contribution in [0.25, 0.3) is 0 Å². The second-order valence-electron chi connectivity index (χ2n) is 3.71. The third-order valence-corrected chi connectivity index (χ3v) is 2.65. The van der Waals surface area contributed by atoms with E-state index in [1.807, 2.05) is 0 Å². The molecule has 2 aromatic rings. The van der Waals surface area contributed by atoms with E-state index in [9.17, 15) is 17.6 Å². The maximum absolute atomic E-state index is 12.4. The van der Waals surface area contributed by atoms with Crippen LogP contribution in [0.3, 0.4) is 0 Å². The average Bonchev–Trinajstić information content (AvgIpc) is 2.34. The molecule has 0 fully saturated rings. The Morgan fingerprint density at radius 3 is 2.10 bits per heavy atom. The molecule has 2 rings (SSSR count). The second-order valence-corrected chi connectivity index (χ2v) is 4.67. The number of nitrogens with two attached hydrogens (primary N) is 1. The predicted molar refractivity (Wildman–Crippen MR) is 74.5 cm³/mol. The molecule has 2 N–H and O–H groups in total. The van der Waals surface area contributed by atoms with Crippen molar-refractivity contribution in [2.45, 2.75) is 11.1 Å². The lowest BCUT2D eigenvalue weighted by molar-refractivity contribution is -0.137. The highest BCUT2D eigenvalue weighted by Gasteiger charge is 2.30. The summed E-state index contributed by atoms with van der Waals surface area (Å²) in [5.41, 5.74) is 4.62. The smallest absolute Gasteiger partial charge is 0.396 e. The van der Waals surface area contributed by atoms with Gasteiger partial charge in [-0.25, -0.2) is 4.39 Å². The summed E-state index contributed by atoms with van der Waals surface area (Å²) < 4.78 is 48.1. The van der Waals surface area contributed by atoms with Crippen LogP contribution in [0.5, 0.6) is 0 Å². The normalized spacial score (nSPS) is 10.7. The molecule has 0 saturated carbocycles. The quantitative estimate of drug-likeness (QED) is 0.396. The van der Waals surface area contributed by atoms with E-state index in [-0.39, 0.29) is 10.7 Å². The van der Waals surface area contributed by atoms with Gasteiger partial charge in [0.2, 0.25) is 0 Å². The summed E-state index contributed by atoms with van der Waals surface area (Å²) in [6.45, 7) is 0. The van der Waals surface area contributed by atoms with Gasteiger partial charge in [0, 0.05) is 9.92 Å². The van der Waals surface area contributed by atoms with E-state index >= 15 is 0 Å². The summed E-state index contributed by atoms with van der Waals surface area (Å²) in [4.78, 5) is 0.585. The van der Waals surface area contributed by atoms with Crippen LogP contribution in [-0.2, 0) is 6.18 Å². The van der Waals surface area contributed by atoms with Crippen LogP contribution in [0.4, 0.5) is 23.2 Å². The van der Waals surface area contributed by atoms with Gasteiger partial charge in [0.25, 0.3) is 0 Å². The first kappa shape index (κ1) is 16.7. The fourth-order valence-corrected chi connectivity index (χ4v) is 1.56. The number of anilines is 1. The Kier molecular flexibility index (Phi) is 5.71. The van der Waals surface area contributed by atoms with E-state index in [2.05, 4.69) is 12.6 Å². The molecule has 0 radical (unpaired) electrons. The number of benzene rings is 2. The molecule has 7 heteroatoms. The van der Waals surface area contributed by atoms with Gasteiger partial charge in [0.05, 0.1) is 11.3 Å². The summed E-state index contributed by atoms with van der Waals surface area (Å²) in [7, 11) is 0. The molecule has 1 nitrogen and oxygen atoms in total. The molecule has 0 aromatic heterocycles. The summed E-state index contributed by atoms with van der Waals surface area (Å²) >= 11 is 9.26. The van der Waals surface area contributed by atoms with E-state index < -0.39 is 17.6 Å². The first-order valence-electron chi connectivity index (χ1n) is 5.27. The standard InChI is InChI=1S/C7H4ClF3.C6H6FNS/c8-6-3-1-2-5(4-6)7(9,10)11;7-5-3-4(9)1-2-6(5)8/h1-4H;1-3,9H,8H2. The maximum atomic E-state index is 12.4. The van der Waals surface area contributed by atoms with Crippen molar-refractivity contribution in [3.05, 3.63) is 58.9 Å². The summed E-state index contributed by atoms with van der Waals surface area (Å²) in [6, 6.07) is 8.94. The van der Waals surface area contributed by atoms with Crippen molar-refractivity contribution in [3.63, 3.8) is 0 Å². The Labute approximate surface area is 123 Å². The zero-order valence-corrected chi connectivity index (χ0v) is 11.6. The number of hydrogen-bond acceptors (Lipinski definition) is 2. The molecular weight excluding hydrogens is 314 g/mol. The lowest BCUT2D eigenvalue weighted by Crippen LogP contribution is -2.03. The summed E-state index contributed by atoms with van der Waals surface area (Å²) in [6.07, 6.45) is -4.30. The Balaban J connectivity index is 0.000000204. The molecule has 0 aliphatic carbocycles. The van der Waals surface area contributed by atoms with Gasteiger partial charge in [-0.15, -0.1) is 12.6 Å². The third-order valence-electron chi connectivity index (χ3n) is 2.14. The molecule has 0 amide bonds. The lowest BCUT2D eigenvalue weighted by atomic mass is 10.2. The monoisotopic (exact) mass is 323 g/mol. The number of nitrogen functional groups attached to an aromatic ring is 1. The van der Waals surface area contributed by atoms with Gasteiger partial charge in [-0.05, 0) is 36.4 Å². The predicted octanol–water partition coefficient (Wildman–Crippen LogP) is 5.06. The average molecular weight is 324 g/mol. The van der Waals surface area contributed by atoms with Crippen LogP contribution >= 0.6 is 24.2 Å². The molecule has 2 aromatic carbocycles. The molecule has 0 bridgehead atoms. The lowest BCUT2D eigenvalue weighted by Gasteiger charge is -2.05. The van der Waals surface area contributed by atoms with E-state index in [1.165, 1.54) is 24.3 Å². The van der Waals surface area contributed by atoms with Gasteiger partial charge in [-0.3, -0.25) is 0 Å². The molecule has 108 valence electrons. The van der Waals surface area contributed by atoms with Crippen molar-refractivity contribution in [1.82, 2.24) is 0 Å². The molecule has 0 aliphatic rings. The fraction of sp³-hybridized carbons (Fsp3) is 0.0769. The minimum absolute atomic E-state index is 0.0971. The third kappa shape index (κ3) is 5.30. The first-order chi connectivity index (χ1) is 9.20. The van der Waals surface area contributed by atoms with E-state index in [0.29, 0.717) is 4.90 Å². The fourth-order valence-electron chi connectivity index (χ4n) is 1.18. The van der Waals surface area contributed by atoms with Crippen LogP contribution < -0.4 is 5.73 Å². The van der Waals surface area contributed by atoms with Crippen LogP contribution in [0.2, 0.25) is 5.02 Å². The molecule has 0 spiro atoms. The maximum Gasteiger partial charge on any atom is 0.416 e. The van der Waals surface area contributed by atoms with Gasteiger partial charge in [0.1, 0.15) is 5.82 Å². The van der Waals surface area contributed by atoms with Crippen molar-refractivity contribution in [1.29, 1.82) is 0 Å². The largest absolute Gasteiger partial charge is 0.416 e. The van der Waals surface area contributed by atoms with Gasteiger partial charge in [-0.1, -0.05) is 17.7 Å². The topological polar surface area (TPSA) is 26.0 Å². The second kappa shape index (κ2) is 6.85. The van der Waals surface area contributed by atoms with E-state index in [1.54, 1.807) is 6.07 Å². The Hall–Kier alpha value is -1.40. The van der Waals surface area contributed by atoms with Crippen LogP contribution in [0, 0.1) is 5.82 Å². The van der Waals surface area contributed by atoms with Gasteiger partial charge >= 0.3 is 6.18 Å². The van der Waals surface area contributed by atoms with Crippen molar-refractivity contribution in [3.8, 4) is 0 Å². The Bertz CT molecular complexity index is 587. The molecule has 0 unspecified atom stereocenters. The summed E-state index contributed by atoms with van der Waals surface area (Å²) in [5, 5.41) is 0.0971. The van der Waals surface area contributed by atoms with Crippen molar-refractivity contribution in [2.75, 3.05) is 5.73 Å². The van der Waals surface area contributed by atoms with Crippen molar-refractivity contribution >= 4 is 29.9 Å². The molecule has 0 saturated heterocycles. The Morgan fingerprint density at radius 2 is 1.70 bits per heavy atom. The number of halogens is 5. The highest BCUT2D eigenvalue weighted by atomic mass is 35.5. The molecule has 20 heavy (non-hydrogen) atoms. The zero-order valence-electron chi connectivity index (χ0n) is 9.96. The number of rotatable bonds is 0. The van der Waals surface area contributed by atoms with Crippen LogP contribution in [-0.4, -0.2) is 0 Å².